The third-order valence-corrected chi connectivity index (χ3v) is 6.31. The Bertz CT molecular complexity index is 955. The summed E-state index contributed by atoms with van der Waals surface area (Å²) in [6.45, 7) is 1.60. The molecule has 1 N–H and O–H groups in total. The highest BCUT2D eigenvalue weighted by Crippen LogP contribution is 2.39. The predicted molar refractivity (Wildman–Crippen MR) is 104 cm³/mol. The summed E-state index contributed by atoms with van der Waals surface area (Å²) in [4.78, 5) is 25.5. The van der Waals surface area contributed by atoms with Gasteiger partial charge in [0.2, 0.25) is 5.91 Å². The van der Waals surface area contributed by atoms with Crippen LogP contribution < -0.4 is 5.32 Å². The number of rotatable bonds is 5. The smallest absolute Gasteiger partial charge is 0.383 e. The van der Waals surface area contributed by atoms with Crippen molar-refractivity contribution < 1.29 is 40.7 Å². The summed E-state index contributed by atoms with van der Waals surface area (Å²) in [5, 5.41) is 3.24. The minimum absolute atomic E-state index is 0.0134. The van der Waals surface area contributed by atoms with Gasteiger partial charge in [0, 0.05) is 31.2 Å². The number of halogens is 6. The number of hydrogen-bond donors (Lipinski definition) is 1. The zero-order valence-corrected chi connectivity index (χ0v) is 17.6. The number of ether oxygens (including phenoxy) is 1. The zero-order chi connectivity index (χ0) is 24.1. The molecule has 5 nitrogen and oxygen atoms in total. The molecule has 11 heteroatoms. The topological polar surface area (TPSA) is 58.6 Å². The van der Waals surface area contributed by atoms with Crippen LogP contribution in [0, 0.1) is 0 Å². The second kappa shape index (κ2) is 8.34. The van der Waals surface area contributed by atoms with Crippen molar-refractivity contribution in [2.24, 2.45) is 0 Å². The Hall–Kier alpha value is -2.56. The second-order valence-corrected chi connectivity index (χ2v) is 8.68. The molecule has 0 radical (unpaired) electrons. The van der Waals surface area contributed by atoms with E-state index in [9.17, 15) is 35.9 Å². The molecule has 1 amide bonds. The highest BCUT2D eigenvalue weighted by atomic mass is 19.4. The van der Waals surface area contributed by atoms with Gasteiger partial charge in [-0.05, 0) is 43.5 Å². The highest BCUT2D eigenvalue weighted by molar-refractivity contribution is 5.92. The Labute approximate surface area is 185 Å². The maximum absolute atomic E-state index is 13.2. The van der Waals surface area contributed by atoms with E-state index in [0.717, 1.165) is 5.70 Å². The summed E-state index contributed by atoms with van der Waals surface area (Å²) < 4.78 is 84.7. The number of hydrogen-bond acceptors (Lipinski definition) is 4. The van der Waals surface area contributed by atoms with Crippen LogP contribution in [-0.2, 0) is 26.7 Å². The van der Waals surface area contributed by atoms with E-state index < -0.39 is 35.7 Å². The van der Waals surface area contributed by atoms with E-state index in [1.54, 1.807) is 4.90 Å². The van der Waals surface area contributed by atoms with Crippen molar-refractivity contribution in [1.82, 2.24) is 10.2 Å². The maximum Gasteiger partial charge on any atom is 0.416 e. The van der Waals surface area contributed by atoms with Crippen LogP contribution in [0.15, 0.2) is 30.0 Å². The molecule has 1 unspecified atom stereocenters. The van der Waals surface area contributed by atoms with E-state index in [-0.39, 0.29) is 48.4 Å². The molecule has 1 aliphatic carbocycles. The minimum atomic E-state index is -4.94. The summed E-state index contributed by atoms with van der Waals surface area (Å²) >= 11 is 0. The highest BCUT2D eigenvalue weighted by Gasteiger charge is 2.47. The van der Waals surface area contributed by atoms with Gasteiger partial charge in [0.15, 0.2) is 5.78 Å². The molecular weight excluding hydrogens is 454 g/mol. The van der Waals surface area contributed by atoms with E-state index in [1.165, 1.54) is 13.0 Å². The number of nitrogens with zero attached hydrogens (tertiary/aromatic N) is 1. The van der Waals surface area contributed by atoms with Crippen LogP contribution in [0.1, 0.15) is 55.4 Å². The standard InChI is InChI=1S/C22H22F6N2O3/c1-11(12-4-13(21(23,24)25)6-14(5-12)22(26,27)28)33-17-8-19-18(9-20(32)30(19)10-17)29-15-2-3-16(31)7-15/h4-7,11,17-19,29H,2-3,8-10H2,1H3/t11-,17-,18?,19-/m1/s1. The Morgan fingerprint density at radius 3 is 2.21 bits per heavy atom. The van der Waals surface area contributed by atoms with Gasteiger partial charge < -0.3 is 15.0 Å². The number of carbonyl (C=O) groups excluding carboxylic acids is 2. The lowest BCUT2D eigenvalue weighted by Crippen LogP contribution is -2.38. The average molecular weight is 476 g/mol. The molecule has 180 valence electrons. The van der Waals surface area contributed by atoms with E-state index in [4.69, 9.17) is 4.74 Å². The van der Waals surface area contributed by atoms with Gasteiger partial charge in [0.05, 0.1) is 35.4 Å². The molecule has 4 rings (SSSR count). The Kier molecular flexibility index (Phi) is 5.96. The van der Waals surface area contributed by atoms with Crippen molar-refractivity contribution in [1.29, 1.82) is 0 Å². The first-order valence-corrected chi connectivity index (χ1v) is 10.6. The molecule has 1 aromatic carbocycles. The molecule has 2 fully saturated rings. The van der Waals surface area contributed by atoms with E-state index in [0.29, 0.717) is 31.4 Å². The SMILES string of the molecule is C[C@@H](O[C@@H]1C[C@@H]2C(NC3=CC(=O)CC3)CC(=O)N2C1)c1cc(C(F)(F)F)cc(C(F)(F)F)c1. The number of alkyl halides is 6. The molecular formula is C22H22F6N2O3. The van der Waals surface area contributed by atoms with Crippen molar-refractivity contribution >= 4 is 11.7 Å². The maximum atomic E-state index is 13.2. The summed E-state index contributed by atoms with van der Waals surface area (Å²) in [5.74, 6) is -0.0981. The first-order valence-electron chi connectivity index (χ1n) is 10.6. The normalized spacial score (nSPS) is 26.6. The number of ketones is 1. The van der Waals surface area contributed by atoms with Gasteiger partial charge in [-0.3, -0.25) is 9.59 Å². The van der Waals surface area contributed by atoms with Crippen LogP contribution in [0.2, 0.25) is 0 Å². The molecule has 3 aliphatic rings. The van der Waals surface area contributed by atoms with Crippen LogP contribution in [0.25, 0.3) is 0 Å². The van der Waals surface area contributed by atoms with Gasteiger partial charge in [-0.1, -0.05) is 0 Å². The molecule has 33 heavy (non-hydrogen) atoms. The summed E-state index contributed by atoms with van der Waals surface area (Å²) in [6.07, 6.45) is -8.31. The summed E-state index contributed by atoms with van der Waals surface area (Å²) in [5.41, 5.74) is -2.26. The average Bonchev–Trinajstić information content (AvgIpc) is 3.38. The lowest BCUT2D eigenvalue weighted by molar-refractivity contribution is -0.143. The van der Waals surface area contributed by atoms with E-state index >= 15 is 0 Å². The number of nitrogens with one attached hydrogen (secondary N) is 1. The van der Waals surface area contributed by atoms with Crippen molar-refractivity contribution in [3.05, 3.63) is 46.7 Å². The van der Waals surface area contributed by atoms with Crippen LogP contribution in [0.4, 0.5) is 26.3 Å². The molecule has 4 atom stereocenters. The van der Waals surface area contributed by atoms with Gasteiger partial charge >= 0.3 is 12.4 Å². The third-order valence-electron chi connectivity index (χ3n) is 6.31. The number of benzene rings is 1. The third kappa shape index (κ3) is 5.02. The van der Waals surface area contributed by atoms with Crippen LogP contribution >= 0.6 is 0 Å². The molecule has 0 aromatic heterocycles. The van der Waals surface area contributed by atoms with Crippen LogP contribution in [0.3, 0.4) is 0 Å². The lowest BCUT2D eigenvalue weighted by atomic mass is 10.0. The van der Waals surface area contributed by atoms with Gasteiger partial charge in [-0.2, -0.15) is 26.3 Å². The fraction of sp³-hybridized carbons (Fsp3) is 0.545. The molecule has 0 spiro atoms. The fourth-order valence-corrected chi connectivity index (χ4v) is 4.71. The Morgan fingerprint density at radius 1 is 1.03 bits per heavy atom. The lowest BCUT2D eigenvalue weighted by Gasteiger charge is -2.23. The first kappa shape index (κ1) is 23.6. The number of carbonyl (C=O) groups is 2. The van der Waals surface area contributed by atoms with Gasteiger partial charge in [0.25, 0.3) is 0 Å². The summed E-state index contributed by atoms with van der Waals surface area (Å²) in [6, 6.07) is 0.950. The molecule has 2 saturated heterocycles. The number of amides is 1. The van der Waals surface area contributed by atoms with Crippen LogP contribution in [0.5, 0.6) is 0 Å². The first-order chi connectivity index (χ1) is 15.3. The molecule has 1 aromatic rings. The van der Waals surface area contributed by atoms with Crippen molar-refractivity contribution in [3.8, 4) is 0 Å². The van der Waals surface area contributed by atoms with E-state index in [1.807, 2.05) is 0 Å². The molecule has 0 bridgehead atoms. The van der Waals surface area contributed by atoms with Crippen molar-refractivity contribution in [3.63, 3.8) is 0 Å². The van der Waals surface area contributed by atoms with Gasteiger partial charge in [-0.15, -0.1) is 0 Å². The van der Waals surface area contributed by atoms with Gasteiger partial charge in [-0.25, -0.2) is 0 Å². The fourth-order valence-electron chi connectivity index (χ4n) is 4.71. The van der Waals surface area contributed by atoms with Crippen molar-refractivity contribution in [2.45, 2.75) is 69.3 Å². The van der Waals surface area contributed by atoms with E-state index in [2.05, 4.69) is 5.32 Å². The molecule has 2 heterocycles. The monoisotopic (exact) mass is 476 g/mol. The molecule has 2 aliphatic heterocycles. The number of allylic oxidation sites excluding steroid dienone is 2. The van der Waals surface area contributed by atoms with Crippen molar-refractivity contribution in [2.75, 3.05) is 6.54 Å². The minimum Gasteiger partial charge on any atom is -0.383 e. The quantitative estimate of drug-likeness (QED) is 0.641. The largest absolute Gasteiger partial charge is 0.416 e. The summed E-state index contributed by atoms with van der Waals surface area (Å²) in [7, 11) is 0. The van der Waals surface area contributed by atoms with Gasteiger partial charge in [0.1, 0.15) is 0 Å². The predicted octanol–water partition coefficient (Wildman–Crippen LogP) is 4.38. The Morgan fingerprint density at radius 2 is 1.67 bits per heavy atom. The number of fused-ring (bicyclic) bond motifs is 1. The molecule has 0 saturated carbocycles. The second-order valence-electron chi connectivity index (χ2n) is 8.68. The Balaban J connectivity index is 1.47. The van der Waals surface area contributed by atoms with Crippen LogP contribution in [-0.4, -0.2) is 41.3 Å². The zero-order valence-electron chi connectivity index (χ0n) is 17.6.